The topological polar surface area (TPSA) is 26.0 Å². The van der Waals surface area contributed by atoms with E-state index in [1.165, 1.54) is 25.7 Å². The van der Waals surface area contributed by atoms with Crippen LogP contribution in [-0.4, -0.2) is 0 Å². The molecule has 1 unspecified atom stereocenters. The van der Waals surface area contributed by atoms with Crippen LogP contribution in [-0.2, 0) is 0 Å². The van der Waals surface area contributed by atoms with Gasteiger partial charge in [0.15, 0.2) is 0 Å². The molecule has 0 heterocycles. The molecule has 0 amide bonds. The molecule has 16 heavy (non-hydrogen) atoms. The monoisotopic (exact) mass is 214 g/mol. The normalized spacial score (nSPS) is 17.9. The fourth-order valence-corrected chi connectivity index (χ4v) is 2.27. The molecule has 2 rings (SSSR count). The van der Waals surface area contributed by atoms with Crippen LogP contribution in [0.4, 0.5) is 0 Å². The highest BCUT2D eigenvalue weighted by molar-refractivity contribution is 5.17. The van der Waals surface area contributed by atoms with Gasteiger partial charge in [0.05, 0.1) is 0 Å². The van der Waals surface area contributed by atoms with Gasteiger partial charge in [0.1, 0.15) is 0 Å². The number of nitrogens with two attached hydrogens (primary N) is 1. The molecule has 1 heteroatoms. The molecule has 2 N–H and O–H groups in total. The first-order valence-corrected chi connectivity index (χ1v) is 6.26. The summed E-state index contributed by atoms with van der Waals surface area (Å²) in [5.74, 6) is 0. The SMILES string of the molecule is NC(CCC1=CCCCC1)c1[c]cccc1. The zero-order valence-corrected chi connectivity index (χ0v) is 9.78. The molecular weight excluding hydrogens is 194 g/mol. The minimum atomic E-state index is 0.143. The van der Waals surface area contributed by atoms with Crippen LogP contribution in [0.2, 0.25) is 0 Å². The fourth-order valence-electron chi connectivity index (χ4n) is 2.27. The Morgan fingerprint density at radius 3 is 2.94 bits per heavy atom. The van der Waals surface area contributed by atoms with Crippen LogP contribution in [0.25, 0.3) is 0 Å². The lowest BCUT2D eigenvalue weighted by atomic mass is 9.93. The molecule has 0 bridgehead atoms. The Morgan fingerprint density at radius 2 is 2.25 bits per heavy atom. The van der Waals surface area contributed by atoms with E-state index in [9.17, 15) is 0 Å². The minimum Gasteiger partial charge on any atom is -0.324 e. The lowest BCUT2D eigenvalue weighted by molar-refractivity contribution is 0.606. The molecular formula is C15H20N. The van der Waals surface area contributed by atoms with Crippen molar-refractivity contribution in [2.45, 2.75) is 44.6 Å². The van der Waals surface area contributed by atoms with Crippen molar-refractivity contribution in [3.05, 3.63) is 47.5 Å². The second-order valence-corrected chi connectivity index (χ2v) is 4.57. The summed E-state index contributed by atoms with van der Waals surface area (Å²) in [6, 6.07) is 11.4. The molecule has 0 saturated carbocycles. The first-order chi connectivity index (χ1) is 7.86. The van der Waals surface area contributed by atoms with Crippen molar-refractivity contribution in [2.75, 3.05) is 0 Å². The van der Waals surface area contributed by atoms with Crippen molar-refractivity contribution in [3.8, 4) is 0 Å². The zero-order valence-electron chi connectivity index (χ0n) is 9.78. The average Bonchev–Trinajstić information content (AvgIpc) is 2.38. The van der Waals surface area contributed by atoms with Crippen LogP contribution in [0.15, 0.2) is 35.9 Å². The van der Waals surface area contributed by atoms with Gasteiger partial charge in [0.2, 0.25) is 0 Å². The van der Waals surface area contributed by atoms with Gasteiger partial charge < -0.3 is 5.73 Å². The first kappa shape index (κ1) is 11.4. The summed E-state index contributed by atoms with van der Waals surface area (Å²) in [4.78, 5) is 0. The molecule has 0 fully saturated rings. The Kier molecular flexibility index (Phi) is 4.17. The van der Waals surface area contributed by atoms with E-state index in [1.807, 2.05) is 18.2 Å². The van der Waals surface area contributed by atoms with Crippen molar-refractivity contribution < 1.29 is 0 Å². The van der Waals surface area contributed by atoms with Gasteiger partial charge in [-0.15, -0.1) is 0 Å². The van der Waals surface area contributed by atoms with Crippen LogP contribution in [0.1, 0.15) is 50.1 Å². The van der Waals surface area contributed by atoms with E-state index in [0.29, 0.717) is 0 Å². The maximum Gasteiger partial charge on any atom is 0.0304 e. The van der Waals surface area contributed by atoms with Crippen molar-refractivity contribution in [3.63, 3.8) is 0 Å². The molecule has 1 aromatic rings. The fraction of sp³-hybridized carbons (Fsp3) is 0.467. The van der Waals surface area contributed by atoms with E-state index in [-0.39, 0.29) is 6.04 Å². The Balaban J connectivity index is 1.84. The van der Waals surface area contributed by atoms with Crippen LogP contribution in [0.3, 0.4) is 0 Å². The second-order valence-electron chi connectivity index (χ2n) is 4.57. The third-order valence-electron chi connectivity index (χ3n) is 3.29. The Bertz CT molecular complexity index is 340. The minimum absolute atomic E-state index is 0.143. The van der Waals surface area contributed by atoms with Gasteiger partial charge in [-0.05, 0) is 50.2 Å². The molecule has 85 valence electrons. The van der Waals surface area contributed by atoms with Crippen LogP contribution < -0.4 is 5.73 Å². The van der Waals surface area contributed by atoms with Gasteiger partial charge in [0.25, 0.3) is 0 Å². The summed E-state index contributed by atoms with van der Waals surface area (Å²) in [7, 11) is 0. The van der Waals surface area contributed by atoms with Crippen molar-refractivity contribution in [2.24, 2.45) is 5.73 Å². The van der Waals surface area contributed by atoms with Crippen molar-refractivity contribution in [1.29, 1.82) is 0 Å². The Morgan fingerprint density at radius 1 is 1.31 bits per heavy atom. The Hall–Kier alpha value is -1.08. The van der Waals surface area contributed by atoms with Gasteiger partial charge in [-0.3, -0.25) is 0 Å². The molecule has 1 nitrogen and oxygen atoms in total. The zero-order chi connectivity index (χ0) is 11.2. The smallest absolute Gasteiger partial charge is 0.0304 e. The number of hydrogen-bond donors (Lipinski definition) is 1. The molecule has 0 spiro atoms. The van der Waals surface area contributed by atoms with E-state index < -0.39 is 0 Å². The molecule has 0 aromatic heterocycles. The number of benzene rings is 1. The van der Waals surface area contributed by atoms with Gasteiger partial charge in [0, 0.05) is 6.04 Å². The summed E-state index contributed by atoms with van der Waals surface area (Å²) >= 11 is 0. The van der Waals surface area contributed by atoms with Crippen LogP contribution >= 0.6 is 0 Å². The number of rotatable bonds is 4. The highest BCUT2D eigenvalue weighted by Crippen LogP contribution is 2.24. The highest BCUT2D eigenvalue weighted by atomic mass is 14.6. The van der Waals surface area contributed by atoms with E-state index in [4.69, 9.17) is 5.73 Å². The van der Waals surface area contributed by atoms with Crippen molar-refractivity contribution in [1.82, 2.24) is 0 Å². The summed E-state index contributed by atoms with van der Waals surface area (Å²) in [5.41, 5.74) is 8.90. The molecule has 1 aliphatic carbocycles. The second kappa shape index (κ2) is 5.86. The maximum absolute atomic E-state index is 6.15. The van der Waals surface area contributed by atoms with Gasteiger partial charge in [-0.25, -0.2) is 0 Å². The summed E-state index contributed by atoms with van der Waals surface area (Å²) in [6.45, 7) is 0. The highest BCUT2D eigenvalue weighted by Gasteiger charge is 2.08. The van der Waals surface area contributed by atoms with E-state index >= 15 is 0 Å². The van der Waals surface area contributed by atoms with Crippen molar-refractivity contribution >= 4 is 0 Å². The molecule has 1 atom stereocenters. The van der Waals surface area contributed by atoms with Crippen LogP contribution in [0, 0.1) is 6.07 Å². The average molecular weight is 214 g/mol. The molecule has 1 radical (unpaired) electrons. The lowest BCUT2D eigenvalue weighted by Gasteiger charge is -2.16. The summed E-state index contributed by atoms with van der Waals surface area (Å²) in [6.07, 6.45) is 9.88. The van der Waals surface area contributed by atoms with Gasteiger partial charge in [-0.1, -0.05) is 35.9 Å². The predicted molar refractivity (Wildman–Crippen MR) is 68.0 cm³/mol. The molecule has 0 aliphatic heterocycles. The first-order valence-electron chi connectivity index (χ1n) is 6.26. The van der Waals surface area contributed by atoms with Gasteiger partial charge in [-0.2, -0.15) is 0 Å². The predicted octanol–water partition coefficient (Wildman–Crippen LogP) is 3.77. The third-order valence-corrected chi connectivity index (χ3v) is 3.29. The lowest BCUT2D eigenvalue weighted by Crippen LogP contribution is -2.10. The summed E-state index contributed by atoms with van der Waals surface area (Å²) < 4.78 is 0. The molecule has 0 saturated heterocycles. The number of allylic oxidation sites excluding steroid dienone is 2. The third kappa shape index (κ3) is 3.21. The molecule has 1 aromatic carbocycles. The largest absolute Gasteiger partial charge is 0.324 e. The quantitative estimate of drug-likeness (QED) is 0.759. The van der Waals surface area contributed by atoms with Crippen LogP contribution in [0.5, 0.6) is 0 Å². The summed E-state index contributed by atoms with van der Waals surface area (Å²) in [5, 5.41) is 0. The van der Waals surface area contributed by atoms with Gasteiger partial charge >= 0.3 is 0 Å². The number of hydrogen-bond acceptors (Lipinski definition) is 1. The standard InChI is InChI=1S/C15H20N/c16-15(14-9-5-2-6-10-14)12-11-13-7-3-1-4-8-13/h2,5-7,9,15H,1,3-4,8,11-12,16H2. The molecule has 1 aliphatic rings. The van der Waals surface area contributed by atoms with E-state index in [2.05, 4.69) is 18.2 Å². The van der Waals surface area contributed by atoms with E-state index in [0.717, 1.165) is 18.4 Å². The Labute approximate surface area is 98.4 Å². The maximum atomic E-state index is 6.15. The van der Waals surface area contributed by atoms with E-state index in [1.54, 1.807) is 5.57 Å².